The minimum absolute atomic E-state index is 0.642. The van der Waals surface area contributed by atoms with E-state index in [4.69, 9.17) is 9.94 Å². The van der Waals surface area contributed by atoms with E-state index in [0.717, 1.165) is 35.1 Å². The summed E-state index contributed by atoms with van der Waals surface area (Å²) in [6.07, 6.45) is 2.39. The molecule has 0 aliphatic rings. The number of nitrogens with zero attached hydrogens (tertiary/aromatic N) is 2. The van der Waals surface area contributed by atoms with Crippen LogP contribution in [0.1, 0.15) is 12.0 Å². The summed E-state index contributed by atoms with van der Waals surface area (Å²) >= 11 is 0. The first-order chi connectivity index (χ1) is 9.72. The molecule has 0 heterocycles. The van der Waals surface area contributed by atoms with Gasteiger partial charge in [0.1, 0.15) is 5.75 Å². The van der Waals surface area contributed by atoms with Crippen molar-refractivity contribution in [3.8, 4) is 5.75 Å². The molecule has 1 N–H and O–H groups in total. The quantitative estimate of drug-likeness (QED) is 0.380. The maximum atomic E-state index is 8.86. The lowest BCUT2D eigenvalue weighted by atomic mass is 10.0. The molecule has 0 unspecified atom stereocenters. The van der Waals surface area contributed by atoms with Crippen LogP contribution in [0, 0.1) is 0 Å². The maximum Gasteiger partial charge on any atom is 0.128 e. The standard InChI is InChI=1S/C16H20N2O2/c1-18(2)10-5-11-20-16-9-8-13-6-3-4-7-14(13)15(16)12-17-19/h3-4,6-9,12,19H,5,10-11H2,1-2H3. The minimum atomic E-state index is 0.642. The summed E-state index contributed by atoms with van der Waals surface area (Å²) in [5.74, 6) is 0.750. The van der Waals surface area contributed by atoms with E-state index < -0.39 is 0 Å². The van der Waals surface area contributed by atoms with E-state index in [-0.39, 0.29) is 0 Å². The molecule has 4 heteroatoms. The Morgan fingerprint density at radius 3 is 2.75 bits per heavy atom. The zero-order valence-electron chi connectivity index (χ0n) is 11.9. The Hall–Kier alpha value is -2.07. The van der Waals surface area contributed by atoms with Crippen molar-refractivity contribution in [3.63, 3.8) is 0 Å². The second kappa shape index (κ2) is 6.91. The first kappa shape index (κ1) is 14.3. The third-order valence-corrected chi connectivity index (χ3v) is 3.12. The fourth-order valence-corrected chi connectivity index (χ4v) is 2.16. The van der Waals surface area contributed by atoms with Gasteiger partial charge < -0.3 is 14.8 Å². The number of ether oxygens (including phenoxy) is 1. The molecule has 0 bridgehead atoms. The summed E-state index contributed by atoms with van der Waals surface area (Å²) in [6.45, 7) is 1.62. The van der Waals surface area contributed by atoms with Crippen molar-refractivity contribution >= 4 is 17.0 Å². The van der Waals surface area contributed by atoms with Crippen LogP contribution in [0.15, 0.2) is 41.6 Å². The number of hydrogen-bond acceptors (Lipinski definition) is 4. The van der Waals surface area contributed by atoms with Gasteiger partial charge in [-0.15, -0.1) is 0 Å². The Bertz CT molecular complexity index is 594. The molecule has 2 aromatic carbocycles. The van der Waals surface area contributed by atoms with Gasteiger partial charge in [-0.1, -0.05) is 35.5 Å². The highest BCUT2D eigenvalue weighted by Gasteiger charge is 2.07. The predicted octanol–water partition coefficient (Wildman–Crippen LogP) is 2.98. The number of fused-ring (bicyclic) bond motifs is 1. The zero-order chi connectivity index (χ0) is 14.4. The number of oxime groups is 1. The molecule has 0 radical (unpaired) electrons. The van der Waals surface area contributed by atoms with E-state index in [9.17, 15) is 0 Å². The summed E-state index contributed by atoms with van der Waals surface area (Å²) in [5, 5.41) is 14.1. The number of hydrogen-bond donors (Lipinski definition) is 1. The number of rotatable bonds is 6. The molecule has 0 aliphatic carbocycles. The predicted molar refractivity (Wildman–Crippen MR) is 82.0 cm³/mol. The molecule has 0 saturated carbocycles. The van der Waals surface area contributed by atoms with Gasteiger partial charge in [-0.25, -0.2) is 0 Å². The van der Waals surface area contributed by atoms with Crippen molar-refractivity contribution in [1.82, 2.24) is 4.90 Å². The Morgan fingerprint density at radius 1 is 1.20 bits per heavy atom. The van der Waals surface area contributed by atoms with E-state index in [2.05, 4.69) is 10.1 Å². The van der Waals surface area contributed by atoms with E-state index >= 15 is 0 Å². The number of benzene rings is 2. The highest BCUT2D eigenvalue weighted by Crippen LogP contribution is 2.26. The lowest BCUT2D eigenvalue weighted by molar-refractivity contribution is 0.281. The van der Waals surface area contributed by atoms with Crippen molar-refractivity contribution in [1.29, 1.82) is 0 Å². The molecule has 0 atom stereocenters. The second-order valence-corrected chi connectivity index (χ2v) is 4.95. The molecule has 20 heavy (non-hydrogen) atoms. The van der Waals surface area contributed by atoms with Gasteiger partial charge in [0.2, 0.25) is 0 Å². The third kappa shape index (κ3) is 3.48. The lowest BCUT2D eigenvalue weighted by Gasteiger charge is -2.13. The molecule has 0 saturated heterocycles. The van der Waals surface area contributed by atoms with E-state index in [1.54, 1.807) is 0 Å². The second-order valence-electron chi connectivity index (χ2n) is 4.95. The van der Waals surface area contributed by atoms with Crippen LogP contribution in [0.4, 0.5) is 0 Å². The topological polar surface area (TPSA) is 45.1 Å². The third-order valence-electron chi connectivity index (χ3n) is 3.12. The molecule has 0 aliphatic heterocycles. The van der Waals surface area contributed by atoms with E-state index in [0.29, 0.717) is 6.61 Å². The molecule has 0 fully saturated rings. The maximum absolute atomic E-state index is 8.86. The average Bonchev–Trinajstić information content (AvgIpc) is 2.45. The fraction of sp³-hybridized carbons (Fsp3) is 0.312. The highest BCUT2D eigenvalue weighted by atomic mass is 16.5. The van der Waals surface area contributed by atoms with E-state index in [1.807, 2.05) is 50.5 Å². The smallest absolute Gasteiger partial charge is 0.128 e. The van der Waals surface area contributed by atoms with Gasteiger partial charge in [0.25, 0.3) is 0 Å². The van der Waals surface area contributed by atoms with Crippen LogP contribution in [-0.2, 0) is 0 Å². The molecular formula is C16H20N2O2. The fourth-order valence-electron chi connectivity index (χ4n) is 2.16. The summed E-state index contributed by atoms with van der Waals surface area (Å²) in [5.41, 5.74) is 0.815. The van der Waals surface area contributed by atoms with Crippen molar-refractivity contribution in [2.24, 2.45) is 5.16 Å². The Kier molecular flexibility index (Phi) is 4.96. The normalized spacial score (nSPS) is 11.6. The van der Waals surface area contributed by atoms with Gasteiger partial charge in [-0.3, -0.25) is 0 Å². The average molecular weight is 272 g/mol. The lowest BCUT2D eigenvalue weighted by Crippen LogP contribution is -2.15. The summed E-state index contributed by atoms with van der Waals surface area (Å²) in [6, 6.07) is 11.9. The molecule has 2 aromatic rings. The van der Waals surface area contributed by atoms with Gasteiger partial charge in [0.15, 0.2) is 0 Å². The molecule has 0 amide bonds. The van der Waals surface area contributed by atoms with Crippen LogP contribution in [0.25, 0.3) is 10.8 Å². The molecule has 0 aromatic heterocycles. The van der Waals surface area contributed by atoms with Crippen LogP contribution < -0.4 is 4.74 Å². The van der Waals surface area contributed by atoms with Crippen molar-refractivity contribution < 1.29 is 9.94 Å². The highest BCUT2D eigenvalue weighted by molar-refractivity contribution is 6.02. The summed E-state index contributed by atoms with van der Waals surface area (Å²) in [7, 11) is 4.08. The minimum Gasteiger partial charge on any atom is -0.493 e. The van der Waals surface area contributed by atoms with Gasteiger partial charge >= 0.3 is 0 Å². The van der Waals surface area contributed by atoms with Gasteiger partial charge in [0, 0.05) is 12.1 Å². The van der Waals surface area contributed by atoms with Crippen molar-refractivity contribution in [3.05, 3.63) is 42.0 Å². The van der Waals surface area contributed by atoms with Crippen LogP contribution in [0.2, 0.25) is 0 Å². The van der Waals surface area contributed by atoms with Crippen LogP contribution in [-0.4, -0.2) is 43.6 Å². The molecule has 4 nitrogen and oxygen atoms in total. The van der Waals surface area contributed by atoms with Gasteiger partial charge in [-0.05, 0) is 37.4 Å². The molecule has 2 rings (SSSR count). The van der Waals surface area contributed by atoms with Crippen LogP contribution in [0.5, 0.6) is 5.75 Å². The van der Waals surface area contributed by atoms with Crippen LogP contribution in [0.3, 0.4) is 0 Å². The van der Waals surface area contributed by atoms with Gasteiger partial charge in [-0.2, -0.15) is 0 Å². The molecule has 0 spiro atoms. The summed E-state index contributed by atoms with van der Waals surface area (Å²) in [4.78, 5) is 2.12. The van der Waals surface area contributed by atoms with Gasteiger partial charge in [0.05, 0.1) is 12.8 Å². The Labute approximate surface area is 119 Å². The van der Waals surface area contributed by atoms with E-state index in [1.165, 1.54) is 6.21 Å². The Balaban J connectivity index is 2.21. The SMILES string of the molecule is CN(C)CCCOc1ccc2ccccc2c1C=NO. The summed E-state index contributed by atoms with van der Waals surface area (Å²) < 4.78 is 5.82. The largest absolute Gasteiger partial charge is 0.493 e. The van der Waals surface area contributed by atoms with Crippen molar-refractivity contribution in [2.45, 2.75) is 6.42 Å². The molecular weight excluding hydrogens is 252 g/mol. The zero-order valence-corrected chi connectivity index (χ0v) is 11.9. The first-order valence-electron chi connectivity index (χ1n) is 6.69. The van der Waals surface area contributed by atoms with Crippen LogP contribution >= 0.6 is 0 Å². The van der Waals surface area contributed by atoms with Crippen molar-refractivity contribution in [2.75, 3.05) is 27.2 Å². The first-order valence-corrected chi connectivity index (χ1v) is 6.69. The Morgan fingerprint density at radius 2 is 2.00 bits per heavy atom. The monoisotopic (exact) mass is 272 g/mol. The molecule has 106 valence electrons.